The largest absolute Gasteiger partial charge is 0.422 e. The number of nitrogens with one attached hydrogen (secondary N) is 1. The Bertz CT molecular complexity index is 848. The minimum absolute atomic E-state index is 0.360. The van der Waals surface area contributed by atoms with Gasteiger partial charge in [0, 0.05) is 0 Å². The van der Waals surface area contributed by atoms with Crippen LogP contribution in [0.25, 0.3) is 0 Å². The van der Waals surface area contributed by atoms with Gasteiger partial charge in [-0.15, -0.1) is 11.3 Å². The van der Waals surface area contributed by atoms with Crippen molar-refractivity contribution in [1.82, 2.24) is 14.9 Å². The Hall–Kier alpha value is -2.58. The van der Waals surface area contributed by atoms with Crippen LogP contribution in [-0.2, 0) is 0 Å². The zero-order chi connectivity index (χ0) is 15.4. The van der Waals surface area contributed by atoms with E-state index in [1.54, 1.807) is 36.5 Å². The fourth-order valence-electron chi connectivity index (χ4n) is 1.63. The molecule has 1 N–H and O–H groups in total. The van der Waals surface area contributed by atoms with Crippen LogP contribution in [0.2, 0.25) is 0 Å². The summed E-state index contributed by atoms with van der Waals surface area (Å²) >= 11 is 6.33. The van der Waals surface area contributed by atoms with Crippen molar-refractivity contribution in [2.24, 2.45) is 5.10 Å². The molecule has 0 aliphatic rings. The number of rotatable bonds is 4. The molecule has 0 amide bonds. The molecule has 2 aromatic heterocycles. The third-order valence-electron chi connectivity index (χ3n) is 2.68. The first-order chi connectivity index (χ1) is 10.7. The Morgan fingerprint density at radius 2 is 2.18 bits per heavy atom. The molecule has 0 saturated carbocycles. The van der Waals surface area contributed by atoms with E-state index in [1.807, 2.05) is 11.4 Å². The number of hydrogen-bond acceptors (Lipinski definition) is 6. The van der Waals surface area contributed by atoms with Crippen LogP contribution in [0.15, 0.2) is 53.2 Å². The quantitative estimate of drug-likeness (QED) is 0.345. The molecular formula is C14H10N4O2S2. The molecule has 0 unspecified atom stereocenters. The third-order valence-corrected chi connectivity index (χ3v) is 3.81. The summed E-state index contributed by atoms with van der Waals surface area (Å²) < 4.78 is 7.13. The van der Waals surface area contributed by atoms with E-state index in [9.17, 15) is 4.79 Å². The van der Waals surface area contributed by atoms with Gasteiger partial charge in [-0.2, -0.15) is 14.9 Å². The van der Waals surface area contributed by atoms with Gasteiger partial charge in [-0.05, 0) is 53.5 Å². The number of aromatic amines is 1. The molecule has 6 nitrogen and oxygen atoms in total. The van der Waals surface area contributed by atoms with Gasteiger partial charge < -0.3 is 4.74 Å². The number of hydrogen-bond donors (Lipinski definition) is 1. The Kier molecular flexibility index (Phi) is 4.22. The van der Waals surface area contributed by atoms with Crippen LogP contribution >= 0.6 is 23.6 Å². The third kappa shape index (κ3) is 3.35. The first-order valence-electron chi connectivity index (χ1n) is 6.24. The summed E-state index contributed by atoms with van der Waals surface area (Å²) in [6, 6.07) is 10.5. The van der Waals surface area contributed by atoms with Crippen LogP contribution in [0.3, 0.4) is 0 Å². The van der Waals surface area contributed by atoms with Gasteiger partial charge in [0.25, 0.3) is 0 Å². The molecule has 8 heteroatoms. The lowest BCUT2D eigenvalue weighted by Gasteiger charge is -2.02. The maximum atomic E-state index is 11.8. The van der Waals surface area contributed by atoms with Crippen molar-refractivity contribution in [3.05, 3.63) is 63.3 Å². The molecule has 0 bridgehead atoms. The van der Waals surface area contributed by atoms with Crippen molar-refractivity contribution in [3.8, 4) is 5.75 Å². The van der Waals surface area contributed by atoms with E-state index in [4.69, 9.17) is 17.0 Å². The standard InChI is InChI=1S/C14H10N4O2S2/c19-13(12-2-1-7-22-12)20-11-5-3-10(4-6-11)8-16-18-9-15-17-14(18)21/h1-9H,(H,17,21)/b16-8-. The van der Waals surface area contributed by atoms with E-state index in [-0.39, 0.29) is 5.97 Å². The van der Waals surface area contributed by atoms with Gasteiger partial charge in [-0.25, -0.2) is 4.79 Å². The predicted molar refractivity (Wildman–Crippen MR) is 86.1 cm³/mol. The molecule has 110 valence electrons. The van der Waals surface area contributed by atoms with E-state index in [2.05, 4.69) is 15.3 Å². The Morgan fingerprint density at radius 1 is 1.36 bits per heavy atom. The average molecular weight is 330 g/mol. The lowest BCUT2D eigenvalue weighted by Crippen LogP contribution is -2.06. The van der Waals surface area contributed by atoms with E-state index >= 15 is 0 Å². The van der Waals surface area contributed by atoms with Crippen molar-refractivity contribution in [2.45, 2.75) is 0 Å². The van der Waals surface area contributed by atoms with Crippen LogP contribution in [-0.4, -0.2) is 27.1 Å². The van der Waals surface area contributed by atoms with Crippen LogP contribution in [0.1, 0.15) is 15.2 Å². The van der Waals surface area contributed by atoms with E-state index < -0.39 is 0 Å². The normalized spacial score (nSPS) is 10.9. The molecule has 0 fully saturated rings. The molecule has 3 rings (SSSR count). The highest BCUT2D eigenvalue weighted by Crippen LogP contribution is 2.16. The molecular weight excluding hydrogens is 320 g/mol. The number of carbonyl (C=O) groups is 1. The fourth-order valence-corrected chi connectivity index (χ4v) is 2.37. The second-order valence-corrected chi connectivity index (χ2v) is 5.52. The zero-order valence-corrected chi connectivity index (χ0v) is 12.8. The molecule has 3 aromatic rings. The summed E-state index contributed by atoms with van der Waals surface area (Å²) in [5.74, 6) is 0.122. The summed E-state index contributed by atoms with van der Waals surface area (Å²) in [6.07, 6.45) is 3.12. The SMILES string of the molecule is O=C(Oc1ccc(/C=N\n2cn[nH]c2=S)cc1)c1cccs1. The number of H-pyrrole nitrogens is 1. The zero-order valence-electron chi connectivity index (χ0n) is 11.2. The van der Waals surface area contributed by atoms with Crippen LogP contribution < -0.4 is 4.74 Å². The van der Waals surface area contributed by atoms with Crippen LogP contribution in [0.4, 0.5) is 0 Å². The molecule has 0 atom stereocenters. The topological polar surface area (TPSA) is 72.3 Å². The summed E-state index contributed by atoms with van der Waals surface area (Å²) in [7, 11) is 0. The summed E-state index contributed by atoms with van der Waals surface area (Å²) in [5.41, 5.74) is 0.846. The fraction of sp³-hybridized carbons (Fsp3) is 0. The molecule has 0 aliphatic heterocycles. The van der Waals surface area contributed by atoms with Crippen molar-refractivity contribution in [3.63, 3.8) is 0 Å². The average Bonchev–Trinajstić information content (AvgIpc) is 3.18. The van der Waals surface area contributed by atoms with Gasteiger partial charge in [-0.1, -0.05) is 6.07 Å². The number of benzene rings is 1. The highest BCUT2D eigenvalue weighted by molar-refractivity contribution is 7.71. The Morgan fingerprint density at radius 3 is 2.82 bits per heavy atom. The number of aromatic nitrogens is 3. The molecule has 22 heavy (non-hydrogen) atoms. The summed E-state index contributed by atoms with van der Waals surface area (Å²) in [4.78, 5) is 12.4. The van der Waals surface area contributed by atoms with E-state index in [1.165, 1.54) is 22.3 Å². The van der Waals surface area contributed by atoms with Crippen LogP contribution in [0.5, 0.6) is 5.75 Å². The second-order valence-electron chi connectivity index (χ2n) is 4.19. The summed E-state index contributed by atoms with van der Waals surface area (Å²) in [5, 5.41) is 12.4. The van der Waals surface area contributed by atoms with Gasteiger partial charge in [-0.3, -0.25) is 5.10 Å². The van der Waals surface area contributed by atoms with E-state index in [0.29, 0.717) is 15.4 Å². The number of ether oxygens (including phenoxy) is 1. The van der Waals surface area contributed by atoms with Gasteiger partial charge in [0.05, 0.1) is 6.21 Å². The van der Waals surface area contributed by atoms with Gasteiger partial charge in [0.15, 0.2) is 0 Å². The van der Waals surface area contributed by atoms with Gasteiger partial charge in [0.2, 0.25) is 4.77 Å². The molecule has 0 saturated heterocycles. The molecule has 0 spiro atoms. The first-order valence-corrected chi connectivity index (χ1v) is 7.53. The molecule has 0 radical (unpaired) electrons. The smallest absolute Gasteiger partial charge is 0.353 e. The lowest BCUT2D eigenvalue weighted by atomic mass is 10.2. The minimum Gasteiger partial charge on any atom is -0.422 e. The number of esters is 1. The minimum atomic E-state index is -0.360. The van der Waals surface area contributed by atoms with Gasteiger partial charge >= 0.3 is 5.97 Å². The number of carbonyl (C=O) groups excluding carboxylic acids is 1. The van der Waals surface area contributed by atoms with Crippen molar-refractivity contribution >= 4 is 35.7 Å². The van der Waals surface area contributed by atoms with Crippen molar-refractivity contribution < 1.29 is 9.53 Å². The van der Waals surface area contributed by atoms with Gasteiger partial charge in [0.1, 0.15) is 17.0 Å². The lowest BCUT2D eigenvalue weighted by molar-refractivity contribution is 0.0740. The number of thiophene rings is 1. The Balaban J connectivity index is 1.68. The van der Waals surface area contributed by atoms with Crippen molar-refractivity contribution in [2.75, 3.05) is 0 Å². The maximum Gasteiger partial charge on any atom is 0.353 e. The summed E-state index contributed by atoms with van der Waals surface area (Å²) in [6.45, 7) is 0. The molecule has 2 heterocycles. The van der Waals surface area contributed by atoms with Crippen LogP contribution in [0, 0.1) is 4.77 Å². The monoisotopic (exact) mass is 330 g/mol. The second kappa shape index (κ2) is 6.46. The molecule has 0 aliphatic carbocycles. The number of nitrogens with zero attached hydrogens (tertiary/aromatic N) is 3. The van der Waals surface area contributed by atoms with E-state index in [0.717, 1.165) is 5.56 Å². The highest BCUT2D eigenvalue weighted by Gasteiger charge is 2.08. The predicted octanol–water partition coefficient (Wildman–Crippen LogP) is 3.10. The maximum absolute atomic E-state index is 11.8. The molecule has 1 aromatic carbocycles. The Labute approximate surface area is 134 Å². The highest BCUT2D eigenvalue weighted by atomic mass is 32.1. The first kappa shape index (κ1) is 14.4. The van der Waals surface area contributed by atoms with Crippen molar-refractivity contribution in [1.29, 1.82) is 0 Å².